The van der Waals surface area contributed by atoms with Crippen molar-refractivity contribution in [2.24, 2.45) is 5.92 Å². The second-order valence-electron chi connectivity index (χ2n) is 8.09. The van der Waals surface area contributed by atoms with Crippen molar-refractivity contribution in [2.75, 3.05) is 18.4 Å². The molecule has 1 saturated carbocycles. The van der Waals surface area contributed by atoms with Crippen LogP contribution >= 0.6 is 11.3 Å². The molecule has 1 aromatic heterocycles. The molecule has 2 amide bonds. The highest BCUT2D eigenvalue weighted by Crippen LogP contribution is 2.25. The summed E-state index contributed by atoms with van der Waals surface area (Å²) in [7, 11) is 0. The number of likely N-dealkylation sites (tertiary alicyclic amines) is 1. The lowest BCUT2D eigenvalue weighted by Crippen LogP contribution is -2.45. The highest BCUT2D eigenvalue weighted by atomic mass is 32.1. The molecule has 1 aliphatic carbocycles. The van der Waals surface area contributed by atoms with E-state index in [0.29, 0.717) is 30.0 Å². The molecule has 0 bridgehead atoms. The molecule has 7 heteroatoms. The van der Waals surface area contributed by atoms with Gasteiger partial charge in [-0.1, -0.05) is 30.5 Å². The van der Waals surface area contributed by atoms with E-state index in [1.54, 1.807) is 5.38 Å². The second-order valence-corrected chi connectivity index (χ2v) is 8.94. The highest BCUT2D eigenvalue weighted by Gasteiger charge is 2.30. The second kappa shape index (κ2) is 8.95. The molecule has 2 fully saturated rings. The van der Waals surface area contributed by atoms with Gasteiger partial charge in [-0.15, -0.1) is 11.3 Å². The van der Waals surface area contributed by atoms with Gasteiger partial charge >= 0.3 is 0 Å². The Bertz CT molecular complexity index is 850. The minimum Gasteiger partial charge on any atom is -0.353 e. The lowest BCUT2D eigenvalue weighted by Gasteiger charge is -2.31. The maximum Gasteiger partial charge on any atom is 0.273 e. The first-order chi connectivity index (χ1) is 14.1. The molecule has 0 spiro atoms. The van der Waals surface area contributed by atoms with Crippen LogP contribution in [0.4, 0.5) is 10.8 Å². The SMILES string of the molecule is Cc1ccc(Nc2nc(C(=O)N3CCC(C(=O)NC4CCCC4)CC3)cs2)cc1. The van der Waals surface area contributed by atoms with Gasteiger partial charge in [-0.2, -0.15) is 0 Å². The van der Waals surface area contributed by atoms with Gasteiger partial charge in [-0.05, 0) is 44.7 Å². The van der Waals surface area contributed by atoms with E-state index in [1.165, 1.54) is 29.7 Å². The number of nitrogens with zero attached hydrogens (tertiary/aromatic N) is 2. The predicted octanol–water partition coefficient (Wildman–Crippen LogP) is 4.11. The number of rotatable bonds is 5. The van der Waals surface area contributed by atoms with Gasteiger partial charge in [-0.3, -0.25) is 9.59 Å². The maximum atomic E-state index is 12.8. The molecule has 2 aromatic rings. The topological polar surface area (TPSA) is 74.3 Å². The Morgan fingerprint density at radius 3 is 2.45 bits per heavy atom. The average molecular weight is 413 g/mol. The van der Waals surface area contributed by atoms with E-state index >= 15 is 0 Å². The standard InChI is InChI=1S/C22H28N4O2S/c1-15-6-8-18(9-7-15)24-22-25-19(14-29-22)21(28)26-12-10-16(11-13-26)20(27)23-17-4-2-3-5-17/h6-9,14,16-17H,2-5,10-13H2,1H3,(H,23,27)(H,24,25). The third-order valence-corrected chi connectivity index (χ3v) is 6.64. The number of amides is 2. The van der Waals surface area contributed by atoms with Crippen molar-refractivity contribution in [1.29, 1.82) is 0 Å². The average Bonchev–Trinajstić information content (AvgIpc) is 3.41. The Kier molecular flexibility index (Phi) is 6.13. The molecule has 2 heterocycles. The molecule has 6 nitrogen and oxygen atoms in total. The fraction of sp³-hybridized carbons (Fsp3) is 0.500. The van der Waals surface area contributed by atoms with E-state index < -0.39 is 0 Å². The first-order valence-corrected chi connectivity index (χ1v) is 11.4. The van der Waals surface area contributed by atoms with Crippen LogP contribution in [0.25, 0.3) is 0 Å². The van der Waals surface area contributed by atoms with Crippen LogP contribution in [-0.2, 0) is 4.79 Å². The van der Waals surface area contributed by atoms with Crippen LogP contribution in [0.1, 0.15) is 54.6 Å². The molecule has 0 atom stereocenters. The Balaban J connectivity index is 1.28. The molecule has 0 unspecified atom stereocenters. The van der Waals surface area contributed by atoms with Crippen LogP contribution in [0, 0.1) is 12.8 Å². The number of aryl methyl sites for hydroxylation is 1. The summed E-state index contributed by atoms with van der Waals surface area (Å²) in [6.45, 7) is 3.27. The number of thiazole rings is 1. The number of hydrogen-bond acceptors (Lipinski definition) is 5. The number of benzene rings is 1. The Labute approximate surface area is 175 Å². The summed E-state index contributed by atoms with van der Waals surface area (Å²) in [5.41, 5.74) is 2.63. The minimum absolute atomic E-state index is 0.0221. The fourth-order valence-corrected chi connectivity index (χ4v) is 4.79. The summed E-state index contributed by atoms with van der Waals surface area (Å²) in [6.07, 6.45) is 6.09. The van der Waals surface area contributed by atoms with E-state index in [4.69, 9.17) is 0 Å². The first kappa shape index (κ1) is 19.9. The monoisotopic (exact) mass is 412 g/mol. The van der Waals surface area contributed by atoms with E-state index in [9.17, 15) is 9.59 Å². The zero-order valence-electron chi connectivity index (χ0n) is 16.8. The van der Waals surface area contributed by atoms with E-state index in [1.807, 2.05) is 36.1 Å². The lowest BCUT2D eigenvalue weighted by molar-refractivity contribution is -0.127. The van der Waals surface area contributed by atoms with Crippen molar-refractivity contribution >= 4 is 34.0 Å². The Hall–Kier alpha value is -2.41. The van der Waals surface area contributed by atoms with E-state index in [0.717, 1.165) is 31.4 Å². The quantitative estimate of drug-likeness (QED) is 0.775. The zero-order chi connectivity index (χ0) is 20.2. The van der Waals surface area contributed by atoms with Gasteiger partial charge in [0.15, 0.2) is 5.13 Å². The van der Waals surface area contributed by atoms with Crippen molar-refractivity contribution in [3.63, 3.8) is 0 Å². The molecule has 1 aromatic carbocycles. The Morgan fingerprint density at radius 1 is 1.07 bits per heavy atom. The van der Waals surface area contributed by atoms with E-state index in [-0.39, 0.29) is 17.7 Å². The van der Waals surface area contributed by atoms with E-state index in [2.05, 4.69) is 15.6 Å². The predicted molar refractivity (Wildman–Crippen MR) is 116 cm³/mol. The van der Waals surface area contributed by atoms with Crippen molar-refractivity contribution in [2.45, 2.75) is 51.5 Å². The van der Waals surface area contributed by atoms with Crippen LogP contribution in [-0.4, -0.2) is 40.8 Å². The van der Waals surface area contributed by atoms with Crippen LogP contribution in [0.3, 0.4) is 0 Å². The number of piperidine rings is 1. The molecule has 1 aliphatic heterocycles. The summed E-state index contributed by atoms with van der Waals surface area (Å²) in [4.78, 5) is 31.6. The van der Waals surface area contributed by atoms with Gasteiger partial charge in [0.2, 0.25) is 5.91 Å². The van der Waals surface area contributed by atoms with Crippen LogP contribution in [0.2, 0.25) is 0 Å². The molecule has 4 rings (SSSR count). The normalized spacial score (nSPS) is 18.0. The molecule has 29 heavy (non-hydrogen) atoms. The first-order valence-electron chi connectivity index (χ1n) is 10.5. The van der Waals surface area contributed by atoms with Gasteiger partial charge in [0, 0.05) is 36.1 Å². The van der Waals surface area contributed by atoms with Crippen molar-refractivity contribution in [1.82, 2.24) is 15.2 Å². The van der Waals surface area contributed by atoms with Crippen molar-refractivity contribution in [3.05, 3.63) is 40.9 Å². The molecule has 2 aliphatic rings. The summed E-state index contributed by atoms with van der Waals surface area (Å²) in [5.74, 6) is 0.143. The van der Waals surface area contributed by atoms with Gasteiger partial charge in [0.1, 0.15) is 5.69 Å². The Morgan fingerprint density at radius 2 is 1.76 bits per heavy atom. The number of anilines is 2. The third kappa shape index (κ3) is 4.96. The number of carbonyl (C=O) groups is 2. The van der Waals surface area contributed by atoms with Gasteiger partial charge < -0.3 is 15.5 Å². The lowest BCUT2D eigenvalue weighted by atomic mass is 9.95. The van der Waals surface area contributed by atoms with Gasteiger partial charge in [0.25, 0.3) is 5.91 Å². The van der Waals surface area contributed by atoms with Gasteiger partial charge in [0.05, 0.1) is 0 Å². The summed E-state index contributed by atoms with van der Waals surface area (Å²) in [6, 6.07) is 8.43. The molecule has 154 valence electrons. The summed E-state index contributed by atoms with van der Waals surface area (Å²) >= 11 is 1.43. The van der Waals surface area contributed by atoms with Crippen LogP contribution in [0.5, 0.6) is 0 Å². The zero-order valence-corrected chi connectivity index (χ0v) is 17.6. The number of hydrogen-bond donors (Lipinski definition) is 2. The molecule has 0 radical (unpaired) electrons. The molecule has 2 N–H and O–H groups in total. The third-order valence-electron chi connectivity index (χ3n) is 5.88. The molecule has 1 saturated heterocycles. The largest absolute Gasteiger partial charge is 0.353 e. The fourth-order valence-electron chi connectivity index (χ4n) is 4.09. The van der Waals surface area contributed by atoms with Crippen molar-refractivity contribution in [3.8, 4) is 0 Å². The molecular weight excluding hydrogens is 384 g/mol. The smallest absolute Gasteiger partial charge is 0.273 e. The minimum atomic E-state index is -0.0483. The summed E-state index contributed by atoms with van der Waals surface area (Å²) in [5, 5.41) is 8.96. The van der Waals surface area contributed by atoms with Gasteiger partial charge in [-0.25, -0.2) is 4.98 Å². The molecular formula is C22H28N4O2S. The summed E-state index contributed by atoms with van der Waals surface area (Å²) < 4.78 is 0. The van der Waals surface area contributed by atoms with Crippen LogP contribution in [0.15, 0.2) is 29.6 Å². The number of carbonyl (C=O) groups excluding carboxylic acids is 2. The number of nitrogens with one attached hydrogen (secondary N) is 2. The number of aromatic nitrogens is 1. The van der Waals surface area contributed by atoms with Crippen LogP contribution < -0.4 is 10.6 Å². The van der Waals surface area contributed by atoms with Crippen molar-refractivity contribution < 1.29 is 9.59 Å². The highest BCUT2D eigenvalue weighted by molar-refractivity contribution is 7.14. The maximum absolute atomic E-state index is 12.8.